The maximum atomic E-state index is 13.7. The summed E-state index contributed by atoms with van der Waals surface area (Å²) in [6.07, 6.45) is 2.43. The Kier molecular flexibility index (Phi) is 5.67. The van der Waals surface area contributed by atoms with Crippen molar-refractivity contribution in [1.82, 2.24) is 10.2 Å². The third-order valence-corrected chi connectivity index (χ3v) is 3.92. The number of carbonyl (C=O) groups excluding carboxylic acids is 1. The summed E-state index contributed by atoms with van der Waals surface area (Å²) in [5.74, 6) is -1.48. The minimum absolute atomic E-state index is 0.127. The van der Waals surface area contributed by atoms with Gasteiger partial charge < -0.3 is 10.2 Å². The third-order valence-electron chi connectivity index (χ3n) is 3.92. The van der Waals surface area contributed by atoms with Gasteiger partial charge in [0.15, 0.2) is 0 Å². The SMILES string of the molecule is CCCN(C(=O)Cc1c(F)cccc1F)C1CCNCC1. The zero-order chi connectivity index (χ0) is 15.2. The highest BCUT2D eigenvalue weighted by molar-refractivity contribution is 5.79. The van der Waals surface area contributed by atoms with Crippen molar-refractivity contribution in [3.05, 3.63) is 35.4 Å². The molecule has 1 aliphatic rings. The molecule has 1 amide bonds. The number of nitrogens with zero attached hydrogens (tertiary/aromatic N) is 1. The molecule has 0 aliphatic carbocycles. The molecule has 1 aromatic carbocycles. The number of benzene rings is 1. The van der Waals surface area contributed by atoms with E-state index in [9.17, 15) is 13.6 Å². The van der Waals surface area contributed by atoms with Gasteiger partial charge >= 0.3 is 0 Å². The van der Waals surface area contributed by atoms with E-state index in [1.807, 2.05) is 6.92 Å². The Bertz CT molecular complexity index is 467. The van der Waals surface area contributed by atoms with Crippen LogP contribution in [-0.2, 0) is 11.2 Å². The van der Waals surface area contributed by atoms with Crippen LogP contribution in [0.2, 0.25) is 0 Å². The molecule has 116 valence electrons. The number of hydrogen-bond donors (Lipinski definition) is 1. The standard InChI is InChI=1S/C16H22F2N2O/c1-2-10-20(12-6-8-19-9-7-12)16(21)11-13-14(17)4-3-5-15(13)18/h3-5,12,19H,2,6-11H2,1H3. The van der Waals surface area contributed by atoms with E-state index in [-0.39, 0.29) is 23.9 Å². The van der Waals surface area contributed by atoms with E-state index >= 15 is 0 Å². The number of amides is 1. The van der Waals surface area contributed by atoms with Crippen LogP contribution in [0.4, 0.5) is 8.78 Å². The molecule has 1 aromatic rings. The van der Waals surface area contributed by atoms with Gasteiger partial charge in [0, 0.05) is 18.2 Å². The summed E-state index contributed by atoms with van der Waals surface area (Å²) in [4.78, 5) is 14.3. The Morgan fingerprint density at radius 2 is 1.90 bits per heavy atom. The zero-order valence-electron chi connectivity index (χ0n) is 12.4. The maximum Gasteiger partial charge on any atom is 0.227 e. The summed E-state index contributed by atoms with van der Waals surface area (Å²) in [5, 5.41) is 3.26. The highest BCUT2D eigenvalue weighted by Crippen LogP contribution is 2.18. The van der Waals surface area contributed by atoms with E-state index in [1.54, 1.807) is 4.90 Å². The van der Waals surface area contributed by atoms with Crippen LogP contribution in [0.3, 0.4) is 0 Å². The Balaban J connectivity index is 2.11. The minimum Gasteiger partial charge on any atom is -0.339 e. The monoisotopic (exact) mass is 296 g/mol. The normalized spacial score (nSPS) is 16.0. The molecule has 3 nitrogen and oxygen atoms in total. The number of piperidine rings is 1. The number of hydrogen-bond acceptors (Lipinski definition) is 2. The van der Waals surface area contributed by atoms with Gasteiger partial charge in [-0.3, -0.25) is 4.79 Å². The third kappa shape index (κ3) is 4.00. The second kappa shape index (κ2) is 7.50. The highest BCUT2D eigenvalue weighted by Gasteiger charge is 2.26. The molecule has 0 radical (unpaired) electrons. The Morgan fingerprint density at radius 3 is 2.48 bits per heavy atom. The summed E-state index contributed by atoms with van der Waals surface area (Å²) in [5.41, 5.74) is -0.127. The molecule has 21 heavy (non-hydrogen) atoms. The van der Waals surface area contributed by atoms with E-state index < -0.39 is 11.6 Å². The van der Waals surface area contributed by atoms with Gasteiger partial charge in [-0.25, -0.2) is 8.78 Å². The van der Waals surface area contributed by atoms with Crippen LogP contribution in [0.1, 0.15) is 31.7 Å². The molecular formula is C16H22F2N2O. The molecule has 1 saturated heterocycles. The van der Waals surface area contributed by atoms with Crippen LogP contribution in [-0.4, -0.2) is 36.5 Å². The Hall–Kier alpha value is -1.49. The average molecular weight is 296 g/mol. The fourth-order valence-corrected chi connectivity index (χ4v) is 2.82. The lowest BCUT2D eigenvalue weighted by atomic mass is 10.0. The molecule has 1 fully saturated rings. The van der Waals surface area contributed by atoms with E-state index in [0.29, 0.717) is 6.54 Å². The van der Waals surface area contributed by atoms with Crippen LogP contribution >= 0.6 is 0 Å². The molecule has 0 saturated carbocycles. The first kappa shape index (κ1) is 15.9. The number of rotatable bonds is 5. The fourth-order valence-electron chi connectivity index (χ4n) is 2.82. The second-order valence-corrected chi connectivity index (χ2v) is 5.45. The van der Waals surface area contributed by atoms with Crippen molar-refractivity contribution in [2.45, 2.75) is 38.6 Å². The topological polar surface area (TPSA) is 32.3 Å². The van der Waals surface area contributed by atoms with Gasteiger partial charge in [0.05, 0.1) is 6.42 Å². The van der Waals surface area contributed by atoms with Gasteiger partial charge in [-0.15, -0.1) is 0 Å². The van der Waals surface area contributed by atoms with E-state index in [1.165, 1.54) is 18.2 Å². The van der Waals surface area contributed by atoms with Gasteiger partial charge in [0.2, 0.25) is 5.91 Å². The van der Waals surface area contributed by atoms with E-state index in [2.05, 4.69) is 5.32 Å². The lowest BCUT2D eigenvalue weighted by Crippen LogP contribution is -2.47. The quantitative estimate of drug-likeness (QED) is 0.905. The van der Waals surface area contributed by atoms with Crippen LogP contribution in [0.15, 0.2) is 18.2 Å². The minimum atomic E-state index is -0.648. The molecule has 0 unspecified atom stereocenters. The summed E-state index contributed by atoms with van der Waals surface area (Å²) in [6, 6.07) is 3.88. The largest absolute Gasteiger partial charge is 0.339 e. The van der Waals surface area contributed by atoms with Crippen molar-refractivity contribution in [3.8, 4) is 0 Å². The van der Waals surface area contributed by atoms with Crippen molar-refractivity contribution in [3.63, 3.8) is 0 Å². The van der Waals surface area contributed by atoms with Crippen LogP contribution in [0.5, 0.6) is 0 Å². The fraction of sp³-hybridized carbons (Fsp3) is 0.562. The summed E-state index contributed by atoms with van der Waals surface area (Å²) >= 11 is 0. The lowest BCUT2D eigenvalue weighted by molar-refractivity contribution is -0.133. The average Bonchev–Trinajstić information content (AvgIpc) is 2.49. The predicted octanol–water partition coefficient (Wildman–Crippen LogP) is 2.50. The molecule has 0 spiro atoms. The van der Waals surface area contributed by atoms with Crippen molar-refractivity contribution in [2.24, 2.45) is 0 Å². The Morgan fingerprint density at radius 1 is 1.29 bits per heavy atom. The highest BCUT2D eigenvalue weighted by atomic mass is 19.1. The smallest absolute Gasteiger partial charge is 0.227 e. The first-order valence-electron chi connectivity index (χ1n) is 7.56. The molecule has 1 N–H and O–H groups in total. The molecule has 0 aromatic heterocycles. The maximum absolute atomic E-state index is 13.7. The molecule has 2 rings (SSSR count). The molecular weight excluding hydrogens is 274 g/mol. The van der Waals surface area contributed by atoms with Gasteiger partial charge in [-0.05, 0) is 44.5 Å². The molecule has 1 aliphatic heterocycles. The van der Waals surface area contributed by atoms with Crippen LogP contribution < -0.4 is 5.32 Å². The lowest BCUT2D eigenvalue weighted by Gasteiger charge is -2.34. The summed E-state index contributed by atoms with van der Waals surface area (Å²) in [6.45, 7) is 4.41. The summed E-state index contributed by atoms with van der Waals surface area (Å²) < 4.78 is 27.4. The van der Waals surface area contributed by atoms with Crippen LogP contribution in [0, 0.1) is 11.6 Å². The van der Waals surface area contributed by atoms with Gasteiger partial charge in [-0.1, -0.05) is 13.0 Å². The second-order valence-electron chi connectivity index (χ2n) is 5.45. The van der Waals surface area contributed by atoms with E-state index in [4.69, 9.17) is 0 Å². The number of nitrogens with one attached hydrogen (secondary N) is 1. The van der Waals surface area contributed by atoms with Gasteiger partial charge in [-0.2, -0.15) is 0 Å². The van der Waals surface area contributed by atoms with Crippen molar-refractivity contribution in [2.75, 3.05) is 19.6 Å². The van der Waals surface area contributed by atoms with Gasteiger partial charge in [0.25, 0.3) is 0 Å². The molecule has 5 heteroatoms. The molecule has 0 atom stereocenters. The van der Waals surface area contributed by atoms with Gasteiger partial charge in [0.1, 0.15) is 11.6 Å². The van der Waals surface area contributed by atoms with Crippen molar-refractivity contribution in [1.29, 1.82) is 0 Å². The molecule has 1 heterocycles. The first-order valence-corrected chi connectivity index (χ1v) is 7.56. The number of halogens is 2. The van der Waals surface area contributed by atoms with Crippen LogP contribution in [0.25, 0.3) is 0 Å². The van der Waals surface area contributed by atoms with Crippen molar-refractivity contribution < 1.29 is 13.6 Å². The molecule has 0 bridgehead atoms. The van der Waals surface area contributed by atoms with E-state index in [0.717, 1.165) is 32.4 Å². The number of carbonyl (C=O) groups is 1. The summed E-state index contributed by atoms with van der Waals surface area (Å²) in [7, 11) is 0. The Labute approximate surface area is 124 Å². The zero-order valence-corrected chi connectivity index (χ0v) is 12.4. The predicted molar refractivity (Wildman–Crippen MR) is 78.0 cm³/mol. The van der Waals surface area contributed by atoms with Crippen molar-refractivity contribution >= 4 is 5.91 Å². The first-order chi connectivity index (χ1) is 10.1.